The molecular weight excluding hydrogens is 370 g/mol. The second-order valence-electron chi connectivity index (χ2n) is 7.31. The summed E-state index contributed by atoms with van der Waals surface area (Å²) in [7, 11) is 0. The average molecular weight is 392 g/mol. The van der Waals surface area contributed by atoms with Gasteiger partial charge in [-0.15, -0.1) is 0 Å². The van der Waals surface area contributed by atoms with E-state index in [2.05, 4.69) is 15.2 Å². The van der Waals surface area contributed by atoms with Crippen LogP contribution in [0.4, 0.5) is 5.13 Å². The van der Waals surface area contributed by atoms with Gasteiger partial charge in [-0.1, -0.05) is 60.8 Å². The van der Waals surface area contributed by atoms with Crippen molar-refractivity contribution < 1.29 is 9.59 Å². The van der Waals surface area contributed by atoms with Crippen LogP contribution in [0.15, 0.2) is 30.1 Å². The minimum absolute atomic E-state index is 0.0603. The zero-order valence-electron chi connectivity index (χ0n) is 14.5. The Morgan fingerprint density at radius 1 is 1.42 bits per heavy atom. The van der Waals surface area contributed by atoms with Crippen LogP contribution in [0.1, 0.15) is 38.5 Å². The molecule has 0 aromatic carbocycles. The number of hydrogen-bond donors (Lipinski definition) is 1. The van der Waals surface area contributed by atoms with E-state index in [-0.39, 0.29) is 23.7 Å². The van der Waals surface area contributed by atoms with Gasteiger partial charge in [0, 0.05) is 19.2 Å². The lowest BCUT2D eigenvalue weighted by atomic mass is 9.90. The maximum Gasteiger partial charge on any atom is 0.248 e. The number of aromatic nitrogens is 1. The van der Waals surface area contributed by atoms with Crippen molar-refractivity contribution in [1.82, 2.24) is 9.88 Å². The van der Waals surface area contributed by atoms with Crippen LogP contribution in [0.25, 0.3) is 0 Å². The van der Waals surface area contributed by atoms with E-state index in [1.54, 1.807) is 6.20 Å². The Morgan fingerprint density at radius 3 is 2.92 bits per heavy atom. The molecule has 1 saturated carbocycles. The van der Waals surface area contributed by atoms with Crippen LogP contribution in [0.2, 0.25) is 4.34 Å². The summed E-state index contributed by atoms with van der Waals surface area (Å²) < 4.78 is 0.553. The van der Waals surface area contributed by atoms with E-state index < -0.39 is 0 Å². The molecular formula is C19H22ClN3O2S. The average Bonchev–Trinajstić information content (AvgIpc) is 3.34. The van der Waals surface area contributed by atoms with Crippen molar-refractivity contribution in [2.24, 2.45) is 11.8 Å². The first-order chi connectivity index (χ1) is 12.6. The number of thiazole rings is 1. The molecule has 2 heterocycles. The molecule has 0 spiro atoms. The Labute approximate surface area is 162 Å². The minimum Gasteiger partial charge on any atom is -0.364 e. The van der Waals surface area contributed by atoms with Gasteiger partial charge in [-0.3, -0.25) is 9.59 Å². The zero-order chi connectivity index (χ0) is 18.1. The maximum atomic E-state index is 13.0. The molecule has 0 saturated heterocycles. The quantitative estimate of drug-likeness (QED) is 0.823. The Balaban J connectivity index is 1.52. The van der Waals surface area contributed by atoms with Crippen LogP contribution in [0.5, 0.6) is 0 Å². The van der Waals surface area contributed by atoms with Gasteiger partial charge in [0.05, 0.1) is 12.1 Å². The fourth-order valence-corrected chi connectivity index (χ4v) is 5.04. The molecule has 4 rings (SSSR count). The van der Waals surface area contributed by atoms with Gasteiger partial charge in [0.1, 0.15) is 16.2 Å². The lowest BCUT2D eigenvalue weighted by Gasteiger charge is -2.29. The van der Waals surface area contributed by atoms with Gasteiger partial charge in [0.2, 0.25) is 5.91 Å². The Morgan fingerprint density at radius 2 is 2.23 bits per heavy atom. The van der Waals surface area contributed by atoms with Crippen LogP contribution in [0.3, 0.4) is 0 Å². The first-order valence-corrected chi connectivity index (χ1v) is 10.4. The van der Waals surface area contributed by atoms with Crippen LogP contribution in [0, 0.1) is 11.8 Å². The lowest BCUT2D eigenvalue weighted by molar-refractivity contribution is -0.123. The Hall–Kier alpha value is -1.66. The first kappa shape index (κ1) is 17.7. The molecule has 1 aromatic heterocycles. The molecule has 3 aliphatic rings. The second kappa shape index (κ2) is 7.53. The van der Waals surface area contributed by atoms with Gasteiger partial charge in [0.25, 0.3) is 0 Å². The third-order valence-electron chi connectivity index (χ3n) is 5.57. The third kappa shape index (κ3) is 3.71. The number of anilines is 1. The monoisotopic (exact) mass is 391 g/mol. The third-order valence-corrected chi connectivity index (χ3v) is 6.60. The van der Waals surface area contributed by atoms with Crippen molar-refractivity contribution in [3.63, 3.8) is 0 Å². The molecule has 138 valence electrons. The van der Waals surface area contributed by atoms with E-state index in [4.69, 9.17) is 11.6 Å². The summed E-state index contributed by atoms with van der Waals surface area (Å²) in [6.07, 6.45) is 13.6. The SMILES string of the molecule is O=C1CC=CC2=CN(C(CC3CCCC3)C(=O)Nc3ncc(Cl)s3)CC12. The number of carbonyl (C=O) groups excluding carboxylic acids is 2. The van der Waals surface area contributed by atoms with E-state index in [0.717, 1.165) is 12.0 Å². The van der Waals surface area contributed by atoms with Gasteiger partial charge >= 0.3 is 0 Å². The second-order valence-corrected chi connectivity index (χ2v) is 8.97. The molecule has 0 bridgehead atoms. The minimum atomic E-state index is -0.278. The van der Waals surface area contributed by atoms with E-state index in [1.165, 1.54) is 37.0 Å². The maximum absolute atomic E-state index is 13.0. The number of nitrogens with zero attached hydrogens (tertiary/aromatic N) is 2. The van der Waals surface area contributed by atoms with Gasteiger partial charge < -0.3 is 10.2 Å². The number of carbonyl (C=O) groups is 2. The molecule has 2 aliphatic carbocycles. The Bertz CT molecular complexity index is 767. The normalized spacial score (nSPS) is 23.9. The molecule has 0 radical (unpaired) electrons. The molecule has 1 fully saturated rings. The van der Waals surface area contributed by atoms with Gasteiger partial charge in [0.15, 0.2) is 5.13 Å². The molecule has 1 amide bonds. The van der Waals surface area contributed by atoms with Crippen LogP contribution >= 0.6 is 22.9 Å². The summed E-state index contributed by atoms with van der Waals surface area (Å²) >= 11 is 7.19. The van der Waals surface area contributed by atoms with E-state index in [1.807, 2.05) is 18.4 Å². The number of allylic oxidation sites excluding steroid dienone is 2. The smallest absolute Gasteiger partial charge is 0.248 e. The highest BCUT2D eigenvalue weighted by atomic mass is 35.5. The molecule has 26 heavy (non-hydrogen) atoms. The van der Waals surface area contributed by atoms with E-state index in [9.17, 15) is 9.59 Å². The van der Waals surface area contributed by atoms with Crippen molar-refractivity contribution in [3.05, 3.63) is 34.5 Å². The van der Waals surface area contributed by atoms with Crippen LogP contribution in [-0.2, 0) is 9.59 Å². The summed E-state index contributed by atoms with van der Waals surface area (Å²) in [6, 6.07) is -0.278. The number of halogens is 1. The fraction of sp³-hybridized carbons (Fsp3) is 0.526. The molecule has 1 aromatic rings. The topological polar surface area (TPSA) is 62.3 Å². The summed E-state index contributed by atoms with van der Waals surface area (Å²) in [6.45, 7) is 0.599. The van der Waals surface area contributed by atoms with Crippen molar-refractivity contribution in [1.29, 1.82) is 0 Å². The molecule has 2 unspecified atom stereocenters. The van der Waals surface area contributed by atoms with Gasteiger partial charge in [-0.05, 0) is 17.9 Å². The van der Waals surface area contributed by atoms with E-state index >= 15 is 0 Å². The highest BCUT2D eigenvalue weighted by Gasteiger charge is 2.37. The lowest BCUT2D eigenvalue weighted by Crippen LogP contribution is -2.43. The van der Waals surface area contributed by atoms with Crippen molar-refractivity contribution in [2.75, 3.05) is 11.9 Å². The fourth-order valence-electron chi connectivity index (χ4n) is 4.22. The molecule has 1 aliphatic heterocycles. The number of fused-ring (bicyclic) bond motifs is 1. The number of nitrogens with one attached hydrogen (secondary N) is 1. The van der Waals surface area contributed by atoms with Gasteiger partial charge in [-0.25, -0.2) is 4.98 Å². The molecule has 7 heteroatoms. The van der Waals surface area contributed by atoms with Crippen molar-refractivity contribution >= 4 is 39.8 Å². The van der Waals surface area contributed by atoms with Crippen molar-refractivity contribution in [3.8, 4) is 0 Å². The molecule has 1 N–H and O–H groups in total. The Kier molecular flexibility index (Phi) is 5.14. The molecule has 2 atom stereocenters. The number of hydrogen-bond acceptors (Lipinski definition) is 5. The van der Waals surface area contributed by atoms with Gasteiger partial charge in [-0.2, -0.15) is 0 Å². The van der Waals surface area contributed by atoms with Crippen molar-refractivity contribution in [2.45, 2.75) is 44.6 Å². The zero-order valence-corrected chi connectivity index (χ0v) is 16.1. The largest absolute Gasteiger partial charge is 0.364 e. The summed E-state index contributed by atoms with van der Waals surface area (Å²) in [5.74, 6) is 0.661. The summed E-state index contributed by atoms with van der Waals surface area (Å²) in [5, 5.41) is 3.44. The highest BCUT2D eigenvalue weighted by Crippen LogP contribution is 2.35. The molecule has 5 nitrogen and oxygen atoms in total. The summed E-state index contributed by atoms with van der Waals surface area (Å²) in [4.78, 5) is 31.4. The highest BCUT2D eigenvalue weighted by molar-refractivity contribution is 7.19. The number of amides is 1. The summed E-state index contributed by atoms with van der Waals surface area (Å²) in [5.41, 5.74) is 1.03. The first-order valence-electron chi connectivity index (χ1n) is 9.19. The number of ketones is 1. The number of rotatable bonds is 5. The number of Topliss-reactive ketones (excluding diaryl/α,β-unsaturated/α-hetero) is 1. The predicted octanol–water partition coefficient (Wildman–Crippen LogP) is 4.03. The van der Waals surface area contributed by atoms with Crippen LogP contribution in [-0.4, -0.2) is 34.2 Å². The standard InChI is InChI=1S/C19H22ClN3O2S/c20-17-9-21-19(26-17)22-18(25)15(8-12-4-1-2-5-12)23-10-13-6-3-7-16(24)14(13)11-23/h3,6,9-10,12,14-15H,1-2,4-5,7-8,11H2,(H,21,22,25). The van der Waals surface area contributed by atoms with Crippen LogP contribution < -0.4 is 5.32 Å². The predicted molar refractivity (Wildman–Crippen MR) is 103 cm³/mol. The van der Waals surface area contributed by atoms with E-state index in [0.29, 0.717) is 28.4 Å².